The van der Waals surface area contributed by atoms with Crippen LogP contribution in [0, 0.1) is 0 Å². The van der Waals surface area contributed by atoms with Crippen LogP contribution in [0.3, 0.4) is 0 Å². The first-order valence-electron chi connectivity index (χ1n) is 9.38. The molecule has 2 aliphatic heterocycles. The number of hydrogen-bond acceptors (Lipinski definition) is 5. The molecule has 3 aliphatic rings. The minimum Gasteiger partial charge on any atom is -0.386 e. The minimum absolute atomic E-state index is 0.544. The molecule has 0 aromatic rings. The summed E-state index contributed by atoms with van der Waals surface area (Å²) in [5.74, 6) is 0. The van der Waals surface area contributed by atoms with Gasteiger partial charge in [0.15, 0.2) is 0 Å². The maximum atomic E-state index is 4.44. The molecule has 0 aromatic heterocycles. The Morgan fingerprint density at radius 2 is 2.12 bits per heavy atom. The van der Waals surface area contributed by atoms with Crippen molar-refractivity contribution in [3.8, 4) is 0 Å². The van der Waals surface area contributed by atoms with Crippen molar-refractivity contribution in [2.45, 2.75) is 25.8 Å². The quantitative estimate of drug-likeness (QED) is 0.593. The Bertz CT molecular complexity index is 700. The molecule has 1 fully saturated rings. The summed E-state index contributed by atoms with van der Waals surface area (Å²) in [5, 5.41) is 14.0. The van der Waals surface area contributed by atoms with Gasteiger partial charge in [-0.3, -0.25) is 4.99 Å². The fourth-order valence-electron chi connectivity index (χ4n) is 3.17. The molecule has 1 saturated heterocycles. The van der Waals surface area contributed by atoms with Crippen molar-refractivity contribution >= 4 is 5.71 Å². The van der Waals surface area contributed by atoms with Crippen LogP contribution in [0.15, 0.2) is 76.9 Å². The van der Waals surface area contributed by atoms with Crippen LogP contribution in [0.4, 0.5) is 0 Å². The summed E-state index contributed by atoms with van der Waals surface area (Å²) in [5.41, 5.74) is 5.36. The Morgan fingerprint density at radius 3 is 2.92 bits per heavy atom. The van der Waals surface area contributed by atoms with Crippen LogP contribution < -0.4 is 21.3 Å². The van der Waals surface area contributed by atoms with Crippen molar-refractivity contribution < 1.29 is 0 Å². The van der Waals surface area contributed by atoms with E-state index >= 15 is 0 Å². The maximum absolute atomic E-state index is 4.44. The van der Waals surface area contributed by atoms with E-state index in [1.807, 2.05) is 19.1 Å². The van der Waals surface area contributed by atoms with Crippen LogP contribution in [-0.4, -0.2) is 37.9 Å². The molecule has 0 atom stereocenters. The Morgan fingerprint density at radius 1 is 1.27 bits per heavy atom. The molecule has 0 radical (unpaired) electrons. The van der Waals surface area contributed by atoms with Gasteiger partial charge in [0.1, 0.15) is 0 Å². The van der Waals surface area contributed by atoms with Gasteiger partial charge in [-0.2, -0.15) is 0 Å². The van der Waals surface area contributed by atoms with E-state index in [4.69, 9.17) is 0 Å². The van der Waals surface area contributed by atoms with Crippen molar-refractivity contribution in [2.24, 2.45) is 4.99 Å². The summed E-state index contributed by atoms with van der Waals surface area (Å²) in [7, 11) is 0. The Kier molecular flexibility index (Phi) is 6.50. The Hall–Kier alpha value is -2.53. The van der Waals surface area contributed by atoms with Crippen LogP contribution in [-0.2, 0) is 0 Å². The highest BCUT2D eigenvalue weighted by Gasteiger charge is 2.17. The predicted molar refractivity (Wildman–Crippen MR) is 110 cm³/mol. The van der Waals surface area contributed by atoms with Crippen LogP contribution in [0.1, 0.15) is 19.8 Å². The fraction of sp³-hybridized carbons (Fsp3) is 0.381. The number of nitrogens with zero attached hydrogens (tertiary/aromatic N) is 1. The molecule has 138 valence electrons. The molecule has 0 unspecified atom stereocenters. The second kappa shape index (κ2) is 9.25. The number of piperidine rings is 1. The second-order valence-corrected chi connectivity index (χ2v) is 6.68. The van der Waals surface area contributed by atoms with Gasteiger partial charge in [-0.1, -0.05) is 24.8 Å². The highest BCUT2D eigenvalue weighted by Crippen LogP contribution is 2.15. The summed E-state index contributed by atoms with van der Waals surface area (Å²) in [6, 6.07) is 0.544. The maximum Gasteiger partial charge on any atom is 0.0735 e. The lowest BCUT2D eigenvalue weighted by molar-refractivity contribution is 0.411. The normalized spacial score (nSPS) is 22.7. The summed E-state index contributed by atoms with van der Waals surface area (Å²) in [6.07, 6.45) is 16.6. The van der Waals surface area contributed by atoms with E-state index in [-0.39, 0.29) is 0 Å². The van der Waals surface area contributed by atoms with Gasteiger partial charge in [-0.25, -0.2) is 0 Å². The van der Waals surface area contributed by atoms with Gasteiger partial charge in [-0.15, -0.1) is 0 Å². The molecule has 0 amide bonds. The number of dihydropyridines is 1. The van der Waals surface area contributed by atoms with Gasteiger partial charge in [0.2, 0.25) is 0 Å². The average Bonchev–Trinajstić information content (AvgIpc) is 2.68. The molecule has 2 heterocycles. The number of hydrogen-bond donors (Lipinski definition) is 4. The van der Waals surface area contributed by atoms with Gasteiger partial charge in [0.05, 0.1) is 17.1 Å². The predicted octanol–water partition coefficient (Wildman–Crippen LogP) is 2.27. The van der Waals surface area contributed by atoms with Gasteiger partial charge in [0.25, 0.3) is 0 Å². The van der Waals surface area contributed by atoms with Gasteiger partial charge in [0, 0.05) is 31.5 Å². The summed E-state index contributed by atoms with van der Waals surface area (Å²) in [6.45, 7) is 9.80. The van der Waals surface area contributed by atoms with E-state index in [2.05, 4.69) is 57.3 Å². The summed E-state index contributed by atoms with van der Waals surface area (Å²) in [4.78, 5) is 4.44. The molecule has 1 aliphatic carbocycles. The largest absolute Gasteiger partial charge is 0.386 e. The molecular weight excluding hydrogens is 322 g/mol. The van der Waals surface area contributed by atoms with E-state index in [0.717, 1.165) is 43.2 Å². The van der Waals surface area contributed by atoms with E-state index in [0.29, 0.717) is 6.04 Å². The van der Waals surface area contributed by atoms with Crippen molar-refractivity contribution in [3.05, 3.63) is 71.9 Å². The standard InChI is InChI=1S/C21H29N5/c1-3-9-24-20-13-17(5-4-16(20)2)14-25-21-15-23-12-8-19(21)26-18-6-10-22-11-7-18/h3-5,8-9,13,15,18,22-23,25-26H,2,6-7,10-12,14H2,1H3/b9-3-,24-20-. The molecule has 0 spiro atoms. The smallest absolute Gasteiger partial charge is 0.0735 e. The minimum atomic E-state index is 0.544. The number of aliphatic imine (C=N–C) groups is 1. The van der Waals surface area contributed by atoms with Gasteiger partial charge in [-0.05, 0) is 56.2 Å². The van der Waals surface area contributed by atoms with Crippen molar-refractivity contribution in [3.63, 3.8) is 0 Å². The molecule has 5 heteroatoms. The van der Waals surface area contributed by atoms with Crippen molar-refractivity contribution in [2.75, 3.05) is 26.2 Å². The van der Waals surface area contributed by atoms with Gasteiger partial charge >= 0.3 is 0 Å². The molecule has 26 heavy (non-hydrogen) atoms. The van der Waals surface area contributed by atoms with Crippen molar-refractivity contribution in [1.29, 1.82) is 0 Å². The molecular formula is C21H29N5. The third kappa shape index (κ3) is 4.99. The topological polar surface area (TPSA) is 60.5 Å². The monoisotopic (exact) mass is 351 g/mol. The van der Waals surface area contributed by atoms with Crippen LogP contribution in [0.2, 0.25) is 0 Å². The molecule has 0 saturated carbocycles. The van der Waals surface area contributed by atoms with Gasteiger partial charge < -0.3 is 21.3 Å². The van der Waals surface area contributed by atoms with E-state index in [9.17, 15) is 0 Å². The first kappa shape index (κ1) is 18.3. The first-order chi connectivity index (χ1) is 12.8. The Balaban J connectivity index is 1.60. The highest BCUT2D eigenvalue weighted by molar-refractivity contribution is 6.12. The summed E-state index contributed by atoms with van der Waals surface area (Å²) >= 11 is 0. The molecule has 4 N–H and O–H groups in total. The lowest BCUT2D eigenvalue weighted by Crippen LogP contribution is -2.42. The lowest BCUT2D eigenvalue weighted by Gasteiger charge is -2.29. The zero-order valence-corrected chi connectivity index (χ0v) is 15.5. The molecule has 3 rings (SSSR count). The van der Waals surface area contributed by atoms with Crippen LogP contribution in [0.5, 0.6) is 0 Å². The van der Waals surface area contributed by atoms with Crippen LogP contribution in [0.25, 0.3) is 0 Å². The SMILES string of the molecule is C=C1C=CC(CNC2=CNCC=C2NC2CCNCC2)=C/C1=N/C=C\C. The molecule has 5 nitrogen and oxygen atoms in total. The number of nitrogens with one attached hydrogen (secondary N) is 4. The molecule has 0 aromatic carbocycles. The third-order valence-electron chi connectivity index (χ3n) is 4.65. The van der Waals surface area contributed by atoms with E-state index < -0.39 is 0 Å². The molecule has 0 bridgehead atoms. The summed E-state index contributed by atoms with van der Waals surface area (Å²) < 4.78 is 0. The first-order valence-corrected chi connectivity index (χ1v) is 9.38. The Labute approximate surface area is 156 Å². The zero-order valence-electron chi connectivity index (χ0n) is 15.5. The lowest BCUT2D eigenvalue weighted by atomic mass is 10.0. The van der Waals surface area contributed by atoms with Crippen LogP contribution >= 0.6 is 0 Å². The van der Waals surface area contributed by atoms with Crippen molar-refractivity contribution in [1.82, 2.24) is 21.3 Å². The average molecular weight is 351 g/mol. The fourth-order valence-corrected chi connectivity index (χ4v) is 3.17. The van der Waals surface area contributed by atoms with E-state index in [1.165, 1.54) is 24.1 Å². The third-order valence-corrected chi connectivity index (χ3v) is 4.65. The van der Waals surface area contributed by atoms with E-state index in [1.54, 1.807) is 6.20 Å². The number of rotatable bonds is 6. The second-order valence-electron chi connectivity index (χ2n) is 6.68. The number of allylic oxidation sites excluding steroid dienone is 4. The zero-order chi connectivity index (χ0) is 18.2. The highest BCUT2D eigenvalue weighted by atomic mass is 15.0.